The Morgan fingerprint density at radius 3 is 2.87 bits per heavy atom. The number of thioether (sulfide) groups is 1. The lowest BCUT2D eigenvalue weighted by atomic mass is 9.97. The quantitative estimate of drug-likeness (QED) is 0.545. The number of amides is 1. The average Bonchev–Trinajstić information content (AvgIpc) is 3.33. The lowest BCUT2D eigenvalue weighted by molar-refractivity contribution is -0.113. The van der Waals surface area contributed by atoms with Crippen LogP contribution in [0.15, 0.2) is 29.7 Å². The highest BCUT2D eigenvalue weighted by molar-refractivity contribution is 7.99. The Balaban J connectivity index is 1.45. The van der Waals surface area contributed by atoms with Gasteiger partial charge >= 0.3 is 0 Å². The molecule has 7 nitrogen and oxygen atoms in total. The Kier molecular flexibility index (Phi) is 6.99. The molecule has 1 amide bonds. The second-order valence-electron chi connectivity index (χ2n) is 7.36. The summed E-state index contributed by atoms with van der Waals surface area (Å²) < 4.78 is 1.98. The summed E-state index contributed by atoms with van der Waals surface area (Å²) in [7, 11) is 0. The number of hydrogen-bond donors (Lipinski definition) is 1. The first-order valence-corrected chi connectivity index (χ1v) is 12.3. The van der Waals surface area contributed by atoms with Gasteiger partial charge in [-0.05, 0) is 50.3 Å². The van der Waals surface area contributed by atoms with Crippen molar-refractivity contribution >= 4 is 34.0 Å². The van der Waals surface area contributed by atoms with E-state index in [1.165, 1.54) is 29.5 Å². The molecule has 1 aliphatic rings. The lowest BCUT2D eigenvalue weighted by Crippen LogP contribution is -2.14. The Morgan fingerprint density at radius 1 is 1.29 bits per heavy atom. The van der Waals surface area contributed by atoms with Crippen LogP contribution in [-0.2, 0) is 24.2 Å². The fraction of sp³-hybridized carbons (Fsp3) is 0.409. The molecule has 3 heterocycles. The highest BCUT2D eigenvalue weighted by Gasteiger charge is 2.21. The van der Waals surface area contributed by atoms with Crippen LogP contribution in [0.4, 0.5) is 5.00 Å². The highest BCUT2D eigenvalue weighted by Crippen LogP contribution is 2.36. The van der Waals surface area contributed by atoms with Gasteiger partial charge in [0.1, 0.15) is 11.1 Å². The van der Waals surface area contributed by atoms with E-state index in [-0.39, 0.29) is 11.7 Å². The first-order chi connectivity index (χ1) is 15.2. The van der Waals surface area contributed by atoms with Crippen molar-refractivity contribution in [2.75, 3.05) is 11.1 Å². The maximum absolute atomic E-state index is 12.7. The molecule has 0 bridgehead atoms. The maximum atomic E-state index is 12.7. The molecule has 0 aromatic carbocycles. The van der Waals surface area contributed by atoms with E-state index in [1.807, 2.05) is 23.6 Å². The molecule has 160 valence electrons. The number of hydrogen-bond acceptors (Lipinski definition) is 7. The van der Waals surface area contributed by atoms with E-state index in [0.29, 0.717) is 22.3 Å². The molecule has 0 radical (unpaired) electrons. The molecule has 0 saturated heterocycles. The second-order valence-corrected chi connectivity index (χ2v) is 9.41. The van der Waals surface area contributed by atoms with Crippen LogP contribution in [0.1, 0.15) is 48.6 Å². The summed E-state index contributed by atoms with van der Waals surface area (Å²) in [4.78, 5) is 18.1. The molecule has 1 aliphatic carbocycles. The number of carbonyl (C=O) groups is 1. The van der Waals surface area contributed by atoms with Gasteiger partial charge < -0.3 is 9.88 Å². The molecular formula is C22H24N6OS2. The van der Waals surface area contributed by atoms with Gasteiger partial charge in [0.2, 0.25) is 5.91 Å². The van der Waals surface area contributed by atoms with Crippen molar-refractivity contribution in [3.05, 3.63) is 40.5 Å². The molecule has 1 N–H and O–H groups in total. The number of fused-ring (bicyclic) bond motifs is 1. The summed E-state index contributed by atoms with van der Waals surface area (Å²) in [5.41, 5.74) is 2.68. The van der Waals surface area contributed by atoms with Crippen LogP contribution in [0.25, 0.3) is 11.4 Å². The summed E-state index contributed by atoms with van der Waals surface area (Å²) in [6.07, 6.45) is 10.1. The van der Waals surface area contributed by atoms with E-state index in [9.17, 15) is 10.1 Å². The number of carbonyl (C=O) groups excluding carboxylic acids is 1. The van der Waals surface area contributed by atoms with Gasteiger partial charge in [0.25, 0.3) is 0 Å². The maximum Gasteiger partial charge on any atom is 0.235 e. The van der Waals surface area contributed by atoms with Crippen molar-refractivity contribution in [2.24, 2.45) is 0 Å². The van der Waals surface area contributed by atoms with Crippen molar-refractivity contribution in [3.63, 3.8) is 0 Å². The molecule has 9 heteroatoms. The third-order valence-corrected chi connectivity index (χ3v) is 7.50. The zero-order chi connectivity index (χ0) is 21.6. The first kappa shape index (κ1) is 21.5. The van der Waals surface area contributed by atoms with Crippen LogP contribution in [0.2, 0.25) is 0 Å². The first-order valence-electron chi connectivity index (χ1n) is 10.5. The van der Waals surface area contributed by atoms with Crippen molar-refractivity contribution < 1.29 is 4.79 Å². The summed E-state index contributed by atoms with van der Waals surface area (Å²) in [5.74, 6) is 0.811. The monoisotopic (exact) mass is 452 g/mol. The smallest absolute Gasteiger partial charge is 0.235 e. The summed E-state index contributed by atoms with van der Waals surface area (Å²) in [6, 6.07) is 6.13. The third-order valence-electron chi connectivity index (χ3n) is 5.32. The number of aromatic nitrogens is 4. The predicted octanol–water partition coefficient (Wildman–Crippen LogP) is 4.68. The Morgan fingerprint density at radius 2 is 2.13 bits per heavy atom. The van der Waals surface area contributed by atoms with Gasteiger partial charge in [-0.2, -0.15) is 5.26 Å². The number of thiophene rings is 1. The summed E-state index contributed by atoms with van der Waals surface area (Å²) >= 11 is 2.91. The highest BCUT2D eigenvalue weighted by atomic mass is 32.2. The molecule has 31 heavy (non-hydrogen) atoms. The molecule has 0 saturated carbocycles. The minimum atomic E-state index is -0.135. The van der Waals surface area contributed by atoms with Crippen molar-refractivity contribution in [1.82, 2.24) is 19.7 Å². The zero-order valence-electron chi connectivity index (χ0n) is 17.4. The van der Waals surface area contributed by atoms with Gasteiger partial charge in [-0.15, -0.1) is 21.5 Å². The van der Waals surface area contributed by atoms with Gasteiger partial charge in [-0.25, -0.2) is 0 Å². The van der Waals surface area contributed by atoms with E-state index in [1.54, 1.807) is 23.7 Å². The average molecular weight is 453 g/mol. The van der Waals surface area contributed by atoms with Gasteiger partial charge in [-0.1, -0.05) is 24.6 Å². The van der Waals surface area contributed by atoms with Crippen molar-refractivity contribution in [2.45, 2.75) is 57.1 Å². The van der Waals surface area contributed by atoms with Crippen molar-refractivity contribution in [3.8, 4) is 17.5 Å². The van der Waals surface area contributed by atoms with Gasteiger partial charge in [0.05, 0.1) is 11.3 Å². The number of nitriles is 1. The second kappa shape index (κ2) is 10.1. The van der Waals surface area contributed by atoms with Crippen LogP contribution in [-0.4, -0.2) is 31.4 Å². The molecule has 4 rings (SSSR count). The molecule has 0 fully saturated rings. The number of anilines is 1. The molecule has 3 aromatic rings. The van der Waals surface area contributed by atoms with E-state index in [4.69, 9.17) is 0 Å². The predicted molar refractivity (Wildman–Crippen MR) is 123 cm³/mol. The zero-order valence-corrected chi connectivity index (χ0v) is 19.1. The van der Waals surface area contributed by atoms with Crippen molar-refractivity contribution in [1.29, 1.82) is 5.26 Å². The van der Waals surface area contributed by atoms with Gasteiger partial charge in [-0.3, -0.25) is 9.78 Å². The van der Waals surface area contributed by atoms with Crippen LogP contribution in [0, 0.1) is 11.3 Å². The van der Waals surface area contributed by atoms with Crippen LogP contribution in [0.3, 0.4) is 0 Å². The Labute approximate surface area is 189 Å². The molecular weight excluding hydrogens is 428 g/mol. The molecule has 0 aliphatic heterocycles. The molecule has 0 atom stereocenters. The number of pyridine rings is 1. The van der Waals surface area contributed by atoms with Crippen LogP contribution < -0.4 is 5.32 Å². The van der Waals surface area contributed by atoms with Crippen LogP contribution in [0.5, 0.6) is 0 Å². The number of nitrogens with zero attached hydrogens (tertiary/aromatic N) is 5. The SMILES string of the molecule is CCn1c(SCC(=O)Nc2sc3c(c2C#N)CCCCCC3)nnc1-c1cccnc1. The van der Waals surface area contributed by atoms with Crippen LogP contribution >= 0.6 is 23.1 Å². The molecule has 0 spiro atoms. The largest absolute Gasteiger partial charge is 0.316 e. The van der Waals surface area contributed by atoms with E-state index in [0.717, 1.165) is 42.6 Å². The van der Waals surface area contributed by atoms with Gasteiger partial charge in [0, 0.05) is 29.4 Å². The minimum Gasteiger partial charge on any atom is -0.316 e. The Bertz CT molecular complexity index is 1100. The number of nitrogens with one attached hydrogen (secondary N) is 1. The lowest BCUT2D eigenvalue weighted by Gasteiger charge is -2.08. The normalized spacial score (nSPS) is 13.7. The fourth-order valence-corrected chi connectivity index (χ4v) is 5.87. The molecule has 0 unspecified atom stereocenters. The minimum absolute atomic E-state index is 0.135. The van der Waals surface area contributed by atoms with E-state index < -0.39 is 0 Å². The molecule has 3 aromatic heterocycles. The fourth-order valence-electron chi connectivity index (χ4n) is 3.81. The third kappa shape index (κ3) is 4.81. The van der Waals surface area contributed by atoms with E-state index >= 15 is 0 Å². The summed E-state index contributed by atoms with van der Waals surface area (Å²) in [5, 5.41) is 22.6. The Hall–Kier alpha value is -2.70. The number of aryl methyl sites for hydroxylation is 1. The standard InChI is InChI=1S/C22H24N6OS2/c1-2-28-20(15-8-7-11-24-13-15)26-27-22(28)30-14-19(29)25-21-17(12-23)16-9-5-3-4-6-10-18(16)31-21/h7-8,11,13H,2-6,9-10,14H2,1H3,(H,25,29). The van der Waals surface area contributed by atoms with Gasteiger partial charge in [0.15, 0.2) is 11.0 Å². The topological polar surface area (TPSA) is 96.5 Å². The van der Waals surface area contributed by atoms with E-state index in [2.05, 4.69) is 26.6 Å². The summed E-state index contributed by atoms with van der Waals surface area (Å²) in [6.45, 7) is 2.71. The number of rotatable bonds is 6.